The van der Waals surface area contributed by atoms with Gasteiger partial charge in [-0.05, 0) is 32.9 Å². The lowest BCUT2D eigenvalue weighted by molar-refractivity contribution is 0.172. The minimum atomic E-state index is 0.557. The molecule has 0 fully saturated rings. The van der Waals surface area contributed by atoms with Gasteiger partial charge in [0.15, 0.2) is 5.96 Å². The zero-order chi connectivity index (χ0) is 18.8. The second-order valence-corrected chi connectivity index (χ2v) is 7.08. The highest BCUT2D eigenvalue weighted by molar-refractivity contribution is 7.11. The van der Waals surface area contributed by atoms with Gasteiger partial charge in [-0.25, -0.2) is 9.98 Å². The Balaban J connectivity index is 1.98. The number of aliphatic imine (C=N–C) groups is 1. The first kappa shape index (κ1) is 20.2. The minimum Gasteiger partial charge on any atom is -0.493 e. The van der Waals surface area contributed by atoms with E-state index in [0.29, 0.717) is 19.8 Å². The largest absolute Gasteiger partial charge is 0.493 e. The summed E-state index contributed by atoms with van der Waals surface area (Å²) in [4.78, 5) is 10.4. The summed E-state index contributed by atoms with van der Waals surface area (Å²) in [7, 11) is 1.69. The Hall–Kier alpha value is -2.12. The zero-order valence-corrected chi connectivity index (χ0v) is 16.8. The van der Waals surface area contributed by atoms with Gasteiger partial charge in [-0.3, -0.25) is 0 Å². The molecule has 142 valence electrons. The van der Waals surface area contributed by atoms with Crippen molar-refractivity contribution < 1.29 is 9.47 Å². The maximum Gasteiger partial charge on any atom is 0.196 e. The van der Waals surface area contributed by atoms with E-state index < -0.39 is 0 Å². The van der Waals surface area contributed by atoms with Crippen molar-refractivity contribution in [3.05, 3.63) is 39.8 Å². The predicted molar refractivity (Wildman–Crippen MR) is 108 cm³/mol. The molecule has 7 heteroatoms. The summed E-state index contributed by atoms with van der Waals surface area (Å²) in [5.74, 6) is 1.56. The Kier molecular flexibility index (Phi) is 8.37. The number of aromatic nitrogens is 1. The van der Waals surface area contributed by atoms with Crippen molar-refractivity contribution in [1.29, 1.82) is 0 Å². The molecule has 26 heavy (non-hydrogen) atoms. The summed E-state index contributed by atoms with van der Waals surface area (Å²) in [6.45, 7) is 8.84. The lowest BCUT2D eigenvalue weighted by Crippen LogP contribution is -2.30. The standard InChI is InChI=1S/C19H28N4O2S/c1-5-20-19(21-13-18-22-14(2)15(3)26-18)23-16-8-6-9-17(12-16)25-11-7-10-24-4/h6,8-9,12H,5,7,10-11,13H2,1-4H3,(H2,20,21,23). The molecule has 1 aromatic heterocycles. The molecular weight excluding hydrogens is 348 g/mol. The highest BCUT2D eigenvalue weighted by Gasteiger charge is 2.05. The highest BCUT2D eigenvalue weighted by atomic mass is 32.1. The number of anilines is 1. The van der Waals surface area contributed by atoms with Crippen LogP contribution in [0.25, 0.3) is 0 Å². The van der Waals surface area contributed by atoms with Crippen LogP contribution in [-0.4, -0.2) is 37.8 Å². The van der Waals surface area contributed by atoms with Crippen LogP contribution in [0.5, 0.6) is 5.75 Å². The number of ether oxygens (including phenoxy) is 2. The number of hydrogen-bond acceptors (Lipinski definition) is 5. The summed E-state index contributed by atoms with van der Waals surface area (Å²) in [6.07, 6.45) is 0.866. The Labute approximate surface area is 159 Å². The number of nitrogens with one attached hydrogen (secondary N) is 2. The van der Waals surface area contributed by atoms with Gasteiger partial charge in [0.25, 0.3) is 0 Å². The third-order valence-corrected chi connectivity index (χ3v) is 4.71. The second kappa shape index (κ2) is 10.8. The van der Waals surface area contributed by atoms with Gasteiger partial charge in [-0.15, -0.1) is 11.3 Å². The quantitative estimate of drug-likeness (QED) is 0.396. The van der Waals surface area contributed by atoms with Crippen molar-refractivity contribution in [2.24, 2.45) is 4.99 Å². The number of nitrogens with zero attached hydrogens (tertiary/aromatic N) is 2. The Morgan fingerprint density at radius 3 is 2.81 bits per heavy atom. The smallest absolute Gasteiger partial charge is 0.196 e. The monoisotopic (exact) mass is 376 g/mol. The molecule has 0 saturated heterocycles. The van der Waals surface area contributed by atoms with Crippen molar-refractivity contribution in [3.63, 3.8) is 0 Å². The van der Waals surface area contributed by atoms with Crippen molar-refractivity contribution in [1.82, 2.24) is 10.3 Å². The Morgan fingerprint density at radius 2 is 2.12 bits per heavy atom. The number of thiazole rings is 1. The molecule has 0 aliphatic rings. The van der Waals surface area contributed by atoms with E-state index in [1.54, 1.807) is 18.4 Å². The molecule has 2 N–H and O–H groups in total. The number of guanidine groups is 1. The fourth-order valence-corrected chi connectivity index (χ4v) is 3.11. The zero-order valence-electron chi connectivity index (χ0n) is 16.0. The number of hydrogen-bond donors (Lipinski definition) is 2. The molecule has 0 radical (unpaired) electrons. The van der Waals surface area contributed by atoms with Crippen LogP contribution in [0, 0.1) is 13.8 Å². The van der Waals surface area contributed by atoms with E-state index in [1.807, 2.05) is 38.1 Å². The summed E-state index contributed by atoms with van der Waals surface area (Å²) >= 11 is 1.69. The van der Waals surface area contributed by atoms with E-state index in [0.717, 1.165) is 41.1 Å². The van der Waals surface area contributed by atoms with Crippen molar-refractivity contribution >= 4 is 23.0 Å². The fourth-order valence-electron chi connectivity index (χ4n) is 2.25. The van der Waals surface area contributed by atoms with Crippen LogP contribution in [-0.2, 0) is 11.3 Å². The number of aryl methyl sites for hydroxylation is 2. The van der Waals surface area contributed by atoms with Crippen LogP contribution in [0.15, 0.2) is 29.3 Å². The lowest BCUT2D eigenvalue weighted by atomic mass is 10.3. The predicted octanol–water partition coefficient (Wildman–Crippen LogP) is 3.75. The third kappa shape index (κ3) is 6.65. The molecule has 0 amide bonds. The molecule has 0 atom stereocenters. The second-order valence-electron chi connectivity index (χ2n) is 5.79. The molecule has 0 spiro atoms. The average Bonchev–Trinajstić information content (AvgIpc) is 2.95. The van der Waals surface area contributed by atoms with Crippen molar-refractivity contribution in [3.8, 4) is 5.75 Å². The molecule has 2 aromatic rings. The molecule has 0 aliphatic carbocycles. The fraction of sp³-hybridized carbons (Fsp3) is 0.474. The van der Waals surface area contributed by atoms with Gasteiger partial charge in [0.05, 0.1) is 18.8 Å². The molecule has 1 heterocycles. The van der Waals surface area contributed by atoms with Gasteiger partial charge in [0, 0.05) is 43.3 Å². The van der Waals surface area contributed by atoms with E-state index in [9.17, 15) is 0 Å². The van der Waals surface area contributed by atoms with E-state index in [2.05, 4.69) is 27.5 Å². The number of rotatable bonds is 9. The normalized spacial score (nSPS) is 11.5. The topological polar surface area (TPSA) is 67.8 Å². The van der Waals surface area contributed by atoms with Crippen LogP contribution in [0.4, 0.5) is 5.69 Å². The van der Waals surface area contributed by atoms with E-state index in [1.165, 1.54) is 4.88 Å². The number of benzene rings is 1. The van der Waals surface area contributed by atoms with Gasteiger partial charge >= 0.3 is 0 Å². The van der Waals surface area contributed by atoms with E-state index >= 15 is 0 Å². The minimum absolute atomic E-state index is 0.557. The van der Waals surface area contributed by atoms with Crippen LogP contribution < -0.4 is 15.4 Å². The third-order valence-electron chi connectivity index (χ3n) is 3.65. The maximum absolute atomic E-state index is 5.75. The molecule has 0 bridgehead atoms. The molecule has 6 nitrogen and oxygen atoms in total. The number of methoxy groups -OCH3 is 1. The summed E-state index contributed by atoms with van der Waals surface area (Å²) in [5.41, 5.74) is 2.01. The highest BCUT2D eigenvalue weighted by Crippen LogP contribution is 2.19. The van der Waals surface area contributed by atoms with Gasteiger partial charge in [0.1, 0.15) is 10.8 Å². The van der Waals surface area contributed by atoms with Crippen LogP contribution in [0.1, 0.15) is 28.9 Å². The SMILES string of the molecule is CCNC(=NCc1nc(C)c(C)s1)Nc1cccc(OCCCOC)c1. The van der Waals surface area contributed by atoms with Crippen LogP contribution in [0.3, 0.4) is 0 Å². The molecule has 0 saturated carbocycles. The molecule has 0 aliphatic heterocycles. The molecule has 2 rings (SSSR count). The average molecular weight is 377 g/mol. The first-order valence-corrected chi connectivity index (χ1v) is 9.64. The lowest BCUT2D eigenvalue weighted by Gasteiger charge is -2.12. The molecule has 1 aromatic carbocycles. The Morgan fingerprint density at radius 1 is 1.27 bits per heavy atom. The summed E-state index contributed by atoms with van der Waals surface area (Å²) in [5, 5.41) is 7.61. The summed E-state index contributed by atoms with van der Waals surface area (Å²) < 4.78 is 10.8. The van der Waals surface area contributed by atoms with Gasteiger partial charge in [0.2, 0.25) is 0 Å². The van der Waals surface area contributed by atoms with E-state index in [-0.39, 0.29) is 0 Å². The first-order chi connectivity index (χ1) is 12.6. The summed E-state index contributed by atoms with van der Waals surface area (Å²) in [6, 6.07) is 7.87. The van der Waals surface area contributed by atoms with Gasteiger partial charge in [-0.1, -0.05) is 6.07 Å². The van der Waals surface area contributed by atoms with Crippen molar-refractivity contribution in [2.75, 3.05) is 32.2 Å². The van der Waals surface area contributed by atoms with Crippen LogP contribution >= 0.6 is 11.3 Å². The van der Waals surface area contributed by atoms with Gasteiger partial charge < -0.3 is 20.1 Å². The van der Waals surface area contributed by atoms with Crippen LogP contribution in [0.2, 0.25) is 0 Å². The van der Waals surface area contributed by atoms with E-state index in [4.69, 9.17) is 9.47 Å². The maximum atomic E-state index is 5.75. The van der Waals surface area contributed by atoms with Gasteiger partial charge in [-0.2, -0.15) is 0 Å². The molecule has 0 unspecified atom stereocenters. The van der Waals surface area contributed by atoms with Crippen molar-refractivity contribution in [2.45, 2.75) is 33.7 Å². The first-order valence-electron chi connectivity index (χ1n) is 8.82. The Bertz CT molecular complexity index is 696. The molecular formula is C19H28N4O2S.